The van der Waals surface area contributed by atoms with Crippen LogP contribution in [-0.2, 0) is 26.2 Å². The number of hydrogen-bond acceptors (Lipinski definition) is 0. The molecule has 0 saturated heterocycles. The van der Waals surface area contributed by atoms with Crippen molar-refractivity contribution in [1.82, 2.24) is 0 Å². The van der Waals surface area contributed by atoms with E-state index in [2.05, 4.69) is 52.0 Å². The fraction of sp³-hybridized carbons (Fsp3) is 0.556. The first kappa shape index (κ1) is 26.3. The molecule has 21 heavy (non-hydrogen) atoms. The van der Waals surface area contributed by atoms with E-state index in [9.17, 15) is 0 Å². The fourth-order valence-corrected chi connectivity index (χ4v) is 2.25. The van der Waals surface area contributed by atoms with Crippen LogP contribution in [0.1, 0.15) is 66.2 Å². The van der Waals surface area contributed by atoms with E-state index in [-0.39, 0.29) is 51.0 Å². The summed E-state index contributed by atoms with van der Waals surface area (Å²) in [6, 6.07) is 0. The molecule has 0 aromatic rings. The second-order valence-corrected chi connectivity index (χ2v) is 4.99. The van der Waals surface area contributed by atoms with Crippen molar-refractivity contribution in [3.05, 3.63) is 46.6 Å². The van der Waals surface area contributed by atoms with Crippen molar-refractivity contribution in [1.29, 1.82) is 0 Å². The summed E-state index contributed by atoms with van der Waals surface area (Å²) in [6.45, 7) is 8.76. The Morgan fingerprint density at radius 2 is 1.14 bits per heavy atom. The zero-order valence-electron chi connectivity index (χ0n) is 13.7. The molecule has 0 saturated carbocycles. The maximum Gasteiger partial charge on any atom is 4.00 e. The third-order valence-electron chi connectivity index (χ3n) is 3.40. The third-order valence-corrected chi connectivity index (χ3v) is 3.40. The van der Waals surface area contributed by atoms with Gasteiger partial charge in [0.1, 0.15) is 0 Å². The van der Waals surface area contributed by atoms with Crippen LogP contribution in [0.25, 0.3) is 0 Å². The van der Waals surface area contributed by atoms with Crippen molar-refractivity contribution in [3.8, 4) is 0 Å². The molecule has 0 heterocycles. The molecule has 0 unspecified atom stereocenters. The summed E-state index contributed by atoms with van der Waals surface area (Å²) in [5.41, 5.74) is 5.77. The van der Waals surface area contributed by atoms with Gasteiger partial charge in [0.15, 0.2) is 0 Å². The molecule has 3 heteroatoms. The van der Waals surface area contributed by atoms with Crippen molar-refractivity contribution >= 4 is 0 Å². The normalized spacial score (nSPS) is 15.0. The Morgan fingerprint density at radius 3 is 1.33 bits per heavy atom. The zero-order chi connectivity index (χ0) is 13.4. The molecule has 0 bridgehead atoms. The van der Waals surface area contributed by atoms with E-state index in [1.54, 1.807) is 0 Å². The van der Waals surface area contributed by atoms with Crippen LogP contribution in [0.3, 0.4) is 0 Å². The van der Waals surface area contributed by atoms with Gasteiger partial charge in [-0.1, -0.05) is 39.5 Å². The maximum absolute atomic E-state index is 3.33. The Morgan fingerprint density at radius 1 is 0.810 bits per heavy atom. The standard InChI is InChI=1S/2C9H13.2ClH.Zr/c2*1-3-5-9-7-4-6-8(9)2;;;/h2*6H,3-5H2,1-2H3;2*1H;/q2*-1;;;+4/p-2. The average molecular weight is 405 g/mol. The molecule has 0 atom stereocenters. The maximum atomic E-state index is 3.33. The SMILES string of the molecule is CCCC1=[C-]CC=C1C.CCCC1=[C-]CC=C1C.[Cl-].[Cl-].[Zr+4]. The number of halogens is 2. The van der Waals surface area contributed by atoms with E-state index in [1.165, 1.54) is 48.0 Å². The summed E-state index contributed by atoms with van der Waals surface area (Å²) in [6.07, 6.45) is 18.1. The minimum absolute atomic E-state index is 0. The van der Waals surface area contributed by atoms with Gasteiger partial charge in [0.25, 0.3) is 0 Å². The van der Waals surface area contributed by atoms with Gasteiger partial charge in [0.05, 0.1) is 0 Å². The van der Waals surface area contributed by atoms with E-state index >= 15 is 0 Å². The first-order valence-electron chi connectivity index (χ1n) is 7.22. The van der Waals surface area contributed by atoms with Crippen molar-refractivity contribution in [2.45, 2.75) is 66.2 Å². The Labute approximate surface area is 163 Å². The smallest absolute Gasteiger partial charge is 1.00 e. The predicted molar refractivity (Wildman–Crippen MR) is 80.1 cm³/mol. The molecule has 0 aromatic heterocycles. The summed E-state index contributed by atoms with van der Waals surface area (Å²) in [5.74, 6) is 0. The first-order chi connectivity index (χ1) is 8.69. The van der Waals surface area contributed by atoms with Crippen molar-refractivity contribution in [2.24, 2.45) is 0 Å². The second kappa shape index (κ2) is 15.3. The fourth-order valence-electron chi connectivity index (χ4n) is 2.25. The van der Waals surface area contributed by atoms with Gasteiger partial charge in [-0.15, -0.1) is 26.7 Å². The topological polar surface area (TPSA) is 0 Å². The molecule has 0 aliphatic heterocycles. The number of allylic oxidation sites excluding steroid dienone is 8. The van der Waals surface area contributed by atoms with Crippen LogP contribution in [0, 0.1) is 12.2 Å². The summed E-state index contributed by atoms with van der Waals surface area (Å²) < 4.78 is 0. The molecule has 0 amide bonds. The number of rotatable bonds is 4. The first-order valence-corrected chi connectivity index (χ1v) is 7.22. The average Bonchev–Trinajstić information content (AvgIpc) is 2.92. The van der Waals surface area contributed by atoms with Gasteiger partial charge < -0.3 is 24.8 Å². The predicted octanol–water partition coefficient (Wildman–Crippen LogP) is -0.262. The molecule has 2 rings (SSSR count). The Kier molecular flexibility index (Phi) is 19.2. The Bertz CT molecular complexity index is 352. The molecular formula is C18H26Cl2Zr. The zero-order valence-corrected chi connectivity index (χ0v) is 17.6. The van der Waals surface area contributed by atoms with E-state index in [0.717, 1.165) is 12.8 Å². The largest absolute Gasteiger partial charge is 4.00 e. The molecule has 0 nitrogen and oxygen atoms in total. The van der Waals surface area contributed by atoms with Gasteiger partial charge in [0, 0.05) is 0 Å². The number of hydrogen-bond donors (Lipinski definition) is 0. The van der Waals surface area contributed by atoms with E-state index < -0.39 is 0 Å². The van der Waals surface area contributed by atoms with Crippen molar-refractivity contribution in [2.75, 3.05) is 0 Å². The molecular weight excluding hydrogens is 378 g/mol. The summed E-state index contributed by atoms with van der Waals surface area (Å²) >= 11 is 0. The second-order valence-electron chi connectivity index (χ2n) is 4.99. The van der Waals surface area contributed by atoms with Crippen LogP contribution in [0.4, 0.5) is 0 Å². The van der Waals surface area contributed by atoms with Crippen molar-refractivity contribution < 1.29 is 51.0 Å². The third kappa shape index (κ3) is 9.93. The van der Waals surface area contributed by atoms with E-state index in [1.807, 2.05) is 0 Å². The monoisotopic (exact) mass is 402 g/mol. The Balaban J connectivity index is -0.000000270. The van der Waals surface area contributed by atoms with Crippen LogP contribution < -0.4 is 24.8 Å². The van der Waals surface area contributed by atoms with E-state index in [4.69, 9.17) is 0 Å². The molecule has 0 fully saturated rings. The van der Waals surface area contributed by atoms with Crippen molar-refractivity contribution in [3.63, 3.8) is 0 Å². The molecule has 2 aliphatic carbocycles. The van der Waals surface area contributed by atoms with Gasteiger partial charge in [0.2, 0.25) is 0 Å². The van der Waals surface area contributed by atoms with Crippen LogP contribution in [0.2, 0.25) is 0 Å². The van der Waals surface area contributed by atoms with E-state index in [0.29, 0.717) is 0 Å². The Hall–Kier alpha value is 0.423. The molecule has 0 aromatic carbocycles. The summed E-state index contributed by atoms with van der Waals surface area (Å²) in [4.78, 5) is 0. The minimum Gasteiger partial charge on any atom is -1.00 e. The summed E-state index contributed by atoms with van der Waals surface area (Å²) in [5, 5.41) is 0. The quantitative estimate of drug-likeness (QED) is 0.567. The molecule has 0 radical (unpaired) electrons. The summed E-state index contributed by atoms with van der Waals surface area (Å²) in [7, 11) is 0. The van der Waals surface area contributed by atoms with Gasteiger partial charge >= 0.3 is 26.2 Å². The molecule has 0 spiro atoms. The van der Waals surface area contributed by atoms with Crippen LogP contribution in [-0.4, -0.2) is 0 Å². The van der Waals surface area contributed by atoms with Gasteiger partial charge in [-0.05, 0) is 0 Å². The van der Waals surface area contributed by atoms with Gasteiger partial charge in [-0.3, -0.25) is 12.2 Å². The van der Waals surface area contributed by atoms with Crippen LogP contribution >= 0.6 is 0 Å². The minimum atomic E-state index is 0. The molecule has 116 valence electrons. The molecule has 2 aliphatic rings. The molecule has 0 N–H and O–H groups in total. The van der Waals surface area contributed by atoms with Gasteiger partial charge in [-0.25, -0.2) is 22.3 Å². The van der Waals surface area contributed by atoms with Crippen LogP contribution in [0.5, 0.6) is 0 Å². The van der Waals surface area contributed by atoms with Crippen LogP contribution in [0.15, 0.2) is 34.4 Å². The van der Waals surface area contributed by atoms with Gasteiger partial charge in [-0.2, -0.15) is 12.2 Å².